The molecule has 2 N–H and O–H groups in total. The molecule has 4 nitrogen and oxygen atoms in total. The van der Waals surface area contributed by atoms with Crippen LogP contribution in [-0.2, 0) is 4.79 Å². The van der Waals surface area contributed by atoms with Crippen LogP contribution in [0.1, 0.15) is 26.7 Å². The van der Waals surface area contributed by atoms with Crippen molar-refractivity contribution in [1.29, 1.82) is 0 Å². The fourth-order valence-corrected chi connectivity index (χ4v) is 2.47. The van der Waals surface area contributed by atoms with Gasteiger partial charge in [0, 0.05) is 6.04 Å². The molecule has 2 atom stereocenters. The minimum absolute atomic E-state index is 0.117. The first kappa shape index (κ1) is 10.9. The Bertz CT molecular complexity index is 261. The molecule has 4 heteroatoms. The van der Waals surface area contributed by atoms with Crippen LogP contribution in [-0.4, -0.2) is 47.2 Å². The van der Waals surface area contributed by atoms with Crippen molar-refractivity contribution in [2.75, 3.05) is 19.6 Å². The minimum Gasteiger partial charge on any atom is -0.386 e. The van der Waals surface area contributed by atoms with Crippen LogP contribution in [0.5, 0.6) is 0 Å². The Morgan fingerprint density at radius 3 is 2.73 bits per heavy atom. The maximum absolute atomic E-state index is 12.0. The summed E-state index contributed by atoms with van der Waals surface area (Å²) in [5, 5.41) is 13.1. The molecule has 0 aliphatic carbocycles. The lowest BCUT2D eigenvalue weighted by Gasteiger charge is -2.47. The Hall–Kier alpha value is -0.610. The molecule has 0 saturated carbocycles. The first-order valence-corrected chi connectivity index (χ1v) is 5.80. The normalized spacial score (nSPS) is 33.9. The highest BCUT2D eigenvalue weighted by Gasteiger charge is 2.45. The molecule has 2 saturated heterocycles. The summed E-state index contributed by atoms with van der Waals surface area (Å²) in [6.45, 7) is 5.99. The van der Waals surface area contributed by atoms with E-state index in [0.29, 0.717) is 13.1 Å². The summed E-state index contributed by atoms with van der Waals surface area (Å²) in [6, 6.07) is 0.285. The van der Waals surface area contributed by atoms with Crippen LogP contribution < -0.4 is 5.32 Å². The van der Waals surface area contributed by atoms with Crippen LogP contribution in [0.3, 0.4) is 0 Å². The zero-order valence-electron chi connectivity index (χ0n) is 9.49. The number of nitrogens with zero attached hydrogens (tertiary/aromatic N) is 1. The van der Waals surface area contributed by atoms with Crippen LogP contribution in [0, 0.1) is 5.92 Å². The second-order valence-electron chi connectivity index (χ2n) is 4.91. The van der Waals surface area contributed by atoms with Gasteiger partial charge in [0.1, 0.15) is 0 Å². The van der Waals surface area contributed by atoms with Gasteiger partial charge in [-0.05, 0) is 26.3 Å². The number of carbonyl (C=O) groups is 1. The van der Waals surface area contributed by atoms with Crippen molar-refractivity contribution in [2.24, 2.45) is 5.92 Å². The fraction of sp³-hybridized carbons (Fsp3) is 0.909. The highest BCUT2D eigenvalue weighted by atomic mass is 16.3. The SMILES string of the molecule is CCC1(O)CN(C(=O)C2CCNC2C)C1. The number of likely N-dealkylation sites (tertiary alicyclic amines) is 1. The van der Waals surface area contributed by atoms with E-state index in [4.69, 9.17) is 0 Å². The molecule has 2 heterocycles. The number of nitrogens with one attached hydrogen (secondary N) is 1. The maximum Gasteiger partial charge on any atom is 0.227 e. The van der Waals surface area contributed by atoms with Crippen LogP contribution in [0.2, 0.25) is 0 Å². The zero-order valence-corrected chi connectivity index (χ0v) is 9.49. The topological polar surface area (TPSA) is 52.6 Å². The van der Waals surface area contributed by atoms with Crippen molar-refractivity contribution in [3.63, 3.8) is 0 Å². The average molecular weight is 212 g/mol. The lowest BCUT2D eigenvalue weighted by atomic mass is 9.88. The van der Waals surface area contributed by atoms with Crippen LogP contribution in [0.4, 0.5) is 0 Å². The molecule has 0 aromatic rings. The largest absolute Gasteiger partial charge is 0.386 e. The number of carbonyl (C=O) groups excluding carboxylic acids is 1. The molecule has 15 heavy (non-hydrogen) atoms. The Labute approximate surface area is 90.6 Å². The van der Waals surface area contributed by atoms with Crippen molar-refractivity contribution in [3.05, 3.63) is 0 Å². The summed E-state index contributed by atoms with van der Waals surface area (Å²) in [4.78, 5) is 13.8. The summed E-state index contributed by atoms with van der Waals surface area (Å²) in [5.74, 6) is 0.331. The lowest BCUT2D eigenvalue weighted by molar-refractivity contribution is -0.160. The van der Waals surface area contributed by atoms with Gasteiger partial charge in [-0.1, -0.05) is 6.92 Å². The van der Waals surface area contributed by atoms with E-state index in [1.165, 1.54) is 0 Å². The number of aliphatic hydroxyl groups is 1. The second kappa shape index (κ2) is 3.76. The third-order valence-electron chi connectivity index (χ3n) is 3.78. The highest BCUT2D eigenvalue weighted by molar-refractivity contribution is 5.81. The molecule has 1 amide bonds. The van der Waals surface area contributed by atoms with Gasteiger partial charge in [-0.15, -0.1) is 0 Å². The lowest BCUT2D eigenvalue weighted by Crippen LogP contribution is -2.64. The zero-order chi connectivity index (χ0) is 11.1. The number of amides is 1. The van der Waals surface area contributed by atoms with E-state index >= 15 is 0 Å². The fourth-order valence-electron chi connectivity index (χ4n) is 2.47. The standard InChI is InChI=1S/C11H20N2O2/c1-3-11(15)6-13(7-11)10(14)9-4-5-12-8(9)2/h8-9,12,15H,3-7H2,1-2H3. The van der Waals surface area contributed by atoms with Gasteiger partial charge in [0.25, 0.3) is 0 Å². The molecule has 2 aliphatic heterocycles. The summed E-state index contributed by atoms with van der Waals surface area (Å²) in [5.41, 5.74) is -0.606. The number of hydrogen-bond donors (Lipinski definition) is 2. The van der Waals surface area contributed by atoms with Crippen molar-refractivity contribution in [2.45, 2.75) is 38.3 Å². The van der Waals surface area contributed by atoms with Gasteiger partial charge in [-0.25, -0.2) is 0 Å². The van der Waals surface area contributed by atoms with Gasteiger partial charge >= 0.3 is 0 Å². The van der Waals surface area contributed by atoms with E-state index in [2.05, 4.69) is 12.2 Å². The van der Waals surface area contributed by atoms with E-state index in [9.17, 15) is 9.90 Å². The van der Waals surface area contributed by atoms with E-state index in [1.54, 1.807) is 4.90 Å². The van der Waals surface area contributed by atoms with Crippen LogP contribution >= 0.6 is 0 Å². The monoisotopic (exact) mass is 212 g/mol. The molecule has 0 aromatic carbocycles. The molecule has 0 spiro atoms. The summed E-state index contributed by atoms with van der Waals surface area (Å²) < 4.78 is 0. The second-order valence-corrected chi connectivity index (χ2v) is 4.91. The van der Waals surface area contributed by atoms with E-state index < -0.39 is 5.60 Å². The molecular weight excluding hydrogens is 192 g/mol. The summed E-state index contributed by atoms with van der Waals surface area (Å²) in [6.07, 6.45) is 1.66. The Morgan fingerprint density at radius 2 is 2.27 bits per heavy atom. The molecule has 2 unspecified atom stereocenters. The molecule has 0 aromatic heterocycles. The molecule has 2 fully saturated rings. The Kier molecular flexibility index (Phi) is 2.73. The molecule has 0 radical (unpaired) electrons. The van der Waals surface area contributed by atoms with Crippen LogP contribution in [0.25, 0.3) is 0 Å². The van der Waals surface area contributed by atoms with Crippen molar-refractivity contribution < 1.29 is 9.90 Å². The molecule has 2 rings (SSSR count). The van der Waals surface area contributed by atoms with Crippen molar-refractivity contribution >= 4 is 5.91 Å². The first-order valence-electron chi connectivity index (χ1n) is 5.80. The van der Waals surface area contributed by atoms with Gasteiger partial charge in [0.15, 0.2) is 0 Å². The number of β-amino-alcohol motifs (C(OH)–C–C–N with tert-alkyl or cyclic N) is 1. The van der Waals surface area contributed by atoms with Crippen LogP contribution in [0.15, 0.2) is 0 Å². The van der Waals surface area contributed by atoms with E-state index in [-0.39, 0.29) is 17.9 Å². The Balaban J connectivity index is 1.89. The number of hydrogen-bond acceptors (Lipinski definition) is 3. The summed E-state index contributed by atoms with van der Waals surface area (Å²) >= 11 is 0. The van der Waals surface area contributed by atoms with Crippen molar-refractivity contribution in [3.8, 4) is 0 Å². The van der Waals surface area contributed by atoms with E-state index in [0.717, 1.165) is 19.4 Å². The Morgan fingerprint density at radius 1 is 1.60 bits per heavy atom. The van der Waals surface area contributed by atoms with Crippen molar-refractivity contribution in [1.82, 2.24) is 10.2 Å². The van der Waals surface area contributed by atoms with Gasteiger partial charge in [0.2, 0.25) is 5.91 Å². The predicted octanol–water partition coefficient (Wildman–Crippen LogP) is -0.0323. The van der Waals surface area contributed by atoms with Gasteiger partial charge < -0.3 is 15.3 Å². The third-order valence-corrected chi connectivity index (χ3v) is 3.78. The molecule has 2 aliphatic rings. The molecule has 86 valence electrons. The maximum atomic E-state index is 12.0. The highest BCUT2D eigenvalue weighted by Crippen LogP contribution is 2.28. The average Bonchev–Trinajstić information content (AvgIpc) is 2.58. The van der Waals surface area contributed by atoms with Gasteiger partial charge in [-0.2, -0.15) is 0 Å². The third kappa shape index (κ3) is 1.88. The van der Waals surface area contributed by atoms with Gasteiger partial charge in [0.05, 0.1) is 24.6 Å². The number of rotatable bonds is 2. The quantitative estimate of drug-likeness (QED) is 0.676. The minimum atomic E-state index is -0.606. The smallest absolute Gasteiger partial charge is 0.227 e. The van der Waals surface area contributed by atoms with Gasteiger partial charge in [-0.3, -0.25) is 4.79 Å². The summed E-state index contributed by atoms with van der Waals surface area (Å²) in [7, 11) is 0. The van der Waals surface area contributed by atoms with E-state index in [1.807, 2.05) is 6.92 Å². The molecular formula is C11H20N2O2. The predicted molar refractivity (Wildman–Crippen MR) is 57.4 cm³/mol. The molecule has 0 bridgehead atoms. The first-order chi connectivity index (χ1) is 7.06.